The third-order valence-corrected chi connectivity index (χ3v) is 3.39. The van der Waals surface area contributed by atoms with Crippen LogP contribution in [-0.2, 0) is 9.59 Å². The van der Waals surface area contributed by atoms with E-state index in [1.807, 2.05) is 19.0 Å². The van der Waals surface area contributed by atoms with Gasteiger partial charge in [0.2, 0.25) is 5.91 Å². The molecule has 1 N–H and O–H groups in total. The summed E-state index contributed by atoms with van der Waals surface area (Å²) < 4.78 is 0. The van der Waals surface area contributed by atoms with E-state index in [-0.39, 0.29) is 12.5 Å². The Morgan fingerprint density at radius 3 is 2.39 bits per heavy atom. The maximum atomic E-state index is 11.9. The van der Waals surface area contributed by atoms with Gasteiger partial charge in [0.1, 0.15) is 6.54 Å². The average Bonchev–Trinajstić information content (AvgIpc) is 2.29. The Hall–Kier alpha value is -0.750. The van der Waals surface area contributed by atoms with E-state index in [0.29, 0.717) is 18.8 Å². The van der Waals surface area contributed by atoms with Crippen molar-refractivity contribution in [2.75, 3.05) is 45.2 Å². The monoisotopic (exact) mass is 276 g/mol. The predicted octanol–water partition coefficient (Wildman–Crippen LogP) is 0.994. The first-order valence-electron chi connectivity index (χ1n) is 6.19. The molecule has 1 amide bonds. The van der Waals surface area contributed by atoms with E-state index < -0.39 is 5.97 Å². The molecule has 0 saturated carbocycles. The topological polar surface area (TPSA) is 60.9 Å². The van der Waals surface area contributed by atoms with Crippen LogP contribution in [-0.4, -0.2) is 72.0 Å². The lowest BCUT2D eigenvalue weighted by Gasteiger charge is -2.22. The van der Waals surface area contributed by atoms with Crippen LogP contribution in [0, 0.1) is 0 Å². The van der Waals surface area contributed by atoms with Crippen LogP contribution in [0.2, 0.25) is 0 Å². The standard InChI is InChI=1S/C12H24N2O3S/c1-4-5-8-18-10-11(15)14(9-12(16)17)7-6-13(2)3/h4-10H2,1-3H3,(H,16,17). The van der Waals surface area contributed by atoms with Gasteiger partial charge in [0, 0.05) is 13.1 Å². The molecule has 0 spiro atoms. The van der Waals surface area contributed by atoms with E-state index in [4.69, 9.17) is 5.11 Å². The summed E-state index contributed by atoms with van der Waals surface area (Å²) in [5.41, 5.74) is 0. The summed E-state index contributed by atoms with van der Waals surface area (Å²) in [7, 11) is 3.80. The summed E-state index contributed by atoms with van der Waals surface area (Å²) in [4.78, 5) is 26.0. The molecule has 0 aromatic carbocycles. The molecule has 0 heterocycles. The Bertz CT molecular complexity index is 260. The van der Waals surface area contributed by atoms with E-state index in [1.165, 1.54) is 4.90 Å². The molecular weight excluding hydrogens is 252 g/mol. The molecule has 0 bridgehead atoms. The lowest BCUT2D eigenvalue weighted by molar-refractivity contribution is -0.143. The zero-order valence-electron chi connectivity index (χ0n) is 11.5. The maximum absolute atomic E-state index is 11.9. The van der Waals surface area contributed by atoms with Gasteiger partial charge < -0.3 is 14.9 Å². The van der Waals surface area contributed by atoms with Gasteiger partial charge in [-0.05, 0) is 26.3 Å². The van der Waals surface area contributed by atoms with Crippen molar-refractivity contribution in [3.8, 4) is 0 Å². The minimum Gasteiger partial charge on any atom is -0.480 e. The van der Waals surface area contributed by atoms with Crippen LogP contribution in [0.5, 0.6) is 0 Å². The van der Waals surface area contributed by atoms with Crippen molar-refractivity contribution in [2.24, 2.45) is 0 Å². The van der Waals surface area contributed by atoms with E-state index in [2.05, 4.69) is 6.92 Å². The van der Waals surface area contributed by atoms with Gasteiger partial charge in [0.15, 0.2) is 0 Å². The minimum absolute atomic E-state index is 0.0830. The molecule has 0 fully saturated rings. The second-order valence-corrected chi connectivity index (χ2v) is 5.52. The lowest BCUT2D eigenvalue weighted by Crippen LogP contribution is -2.41. The number of nitrogens with zero attached hydrogens (tertiary/aromatic N) is 2. The Labute approximate surface area is 114 Å². The Morgan fingerprint density at radius 2 is 1.89 bits per heavy atom. The fourth-order valence-electron chi connectivity index (χ4n) is 1.27. The Kier molecular flexibility index (Phi) is 9.77. The van der Waals surface area contributed by atoms with Gasteiger partial charge in [-0.15, -0.1) is 0 Å². The summed E-state index contributed by atoms with van der Waals surface area (Å²) in [6, 6.07) is 0. The second-order valence-electron chi connectivity index (χ2n) is 4.42. The highest BCUT2D eigenvalue weighted by Gasteiger charge is 2.16. The van der Waals surface area contributed by atoms with E-state index in [1.54, 1.807) is 11.8 Å². The number of aliphatic carboxylic acids is 1. The largest absolute Gasteiger partial charge is 0.480 e. The van der Waals surface area contributed by atoms with Gasteiger partial charge in [0.05, 0.1) is 5.75 Å². The number of hydrogen-bond donors (Lipinski definition) is 1. The molecule has 5 nitrogen and oxygen atoms in total. The van der Waals surface area contributed by atoms with Crippen molar-refractivity contribution in [3.05, 3.63) is 0 Å². The van der Waals surface area contributed by atoms with Gasteiger partial charge in [0.25, 0.3) is 0 Å². The number of rotatable bonds is 10. The maximum Gasteiger partial charge on any atom is 0.323 e. The number of carboxylic acid groups (broad SMARTS) is 1. The van der Waals surface area contributed by atoms with Crippen molar-refractivity contribution in [3.63, 3.8) is 0 Å². The summed E-state index contributed by atoms with van der Waals surface area (Å²) in [5.74, 6) is 0.290. The number of unbranched alkanes of at least 4 members (excludes halogenated alkanes) is 1. The highest BCUT2D eigenvalue weighted by Crippen LogP contribution is 2.06. The van der Waals surface area contributed by atoms with Crippen LogP contribution in [0.3, 0.4) is 0 Å². The first kappa shape index (κ1) is 17.2. The second kappa shape index (κ2) is 10.2. The van der Waals surface area contributed by atoms with Gasteiger partial charge in [-0.3, -0.25) is 9.59 Å². The number of amides is 1. The molecule has 0 rings (SSSR count). The molecule has 0 aliphatic carbocycles. The first-order valence-corrected chi connectivity index (χ1v) is 7.34. The number of thioether (sulfide) groups is 1. The molecule has 0 atom stereocenters. The van der Waals surface area contributed by atoms with Gasteiger partial charge in [-0.2, -0.15) is 11.8 Å². The van der Waals surface area contributed by atoms with Crippen molar-refractivity contribution >= 4 is 23.6 Å². The molecule has 0 saturated heterocycles. The summed E-state index contributed by atoms with van der Waals surface area (Å²) in [5, 5.41) is 8.79. The van der Waals surface area contributed by atoms with Crippen molar-refractivity contribution in [1.82, 2.24) is 9.80 Å². The predicted molar refractivity (Wildman–Crippen MR) is 75.0 cm³/mol. The zero-order valence-corrected chi connectivity index (χ0v) is 12.3. The molecule has 0 unspecified atom stereocenters. The van der Waals surface area contributed by atoms with Gasteiger partial charge in [-0.25, -0.2) is 0 Å². The highest BCUT2D eigenvalue weighted by atomic mass is 32.2. The number of carbonyl (C=O) groups is 2. The van der Waals surface area contributed by atoms with Crippen molar-refractivity contribution in [2.45, 2.75) is 19.8 Å². The normalized spacial score (nSPS) is 10.7. The molecular formula is C12H24N2O3S. The first-order chi connectivity index (χ1) is 8.47. The van der Waals surface area contributed by atoms with Crippen molar-refractivity contribution in [1.29, 1.82) is 0 Å². The average molecular weight is 276 g/mol. The third-order valence-electron chi connectivity index (χ3n) is 2.36. The SMILES string of the molecule is CCCCSCC(=O)N(CCN(C)C)CC(=O)O. The molecule has 0 aliphatic rings. The van der Waals surface area contributed by atoms with Crippen molar-refractivity contribution < 1.29 is 14.7 Å². The van der Waals surface area contributed by atoms with Crippen LogP contribution in [0.15, 0.2) is 0 Å². The molecule has 18 heavy (non-hydrogen) atoms. The van der Waals surface area contributed by atoms with E-state index >= 15 is 0 Å². The third kappa shape index (κ3) is 9.30. The number of likely N-dealkylation sites (N-methyl/N-ethyl adjacent to an activating group) is 1. The molecule has 0 aromatic rings. The summed E-state index contributed by atoms with van der Waals surface area (Å²) in [6.07, 6.45) is 2.20. The van der Waals surface area contributed by atoms with E-state index in [9.17, 15) is 9.59 Å². The molecule has 0 aliphatic heterocycles. The Balaban J connectivity index is 4.09. The van der Waals surface area contributed by atoms with Crippen LogP contribution in [0.25, 0.3) is 0 Å². The summed E-state index contributed by atoms with van der Waals surface area (Å²) >= 11 is 1.58. The number of carbonyl (C=O) groups excluding carboxylic acids is 1. The van der Waals surface area contributed by atoms with Gasteiger partial charge in [-0.1, -0.05) is 13.3 Å². The molecule has 0 aromatic heterocycles. The molecule has 106 valence electrons. The summed E-state index contributed by atoms with van der Waals surface area (Å²) in [6.45, 7) is 3.04. The smallest absolute Gasteiger partial charge is 0.323 e. The number of carboxylic acids is 1. The van der Waals surface area contributed by atoms with Crippen LogP contribution >= 0.6 is 11.8 Å². The van der Waals surface area contributed by atoms with Crippen LogP contribution in [0.4, 0.5) is 0 Å². The fourth-order valence-corrected chi connectivity index (χ4v) is 2.27. The van der Waals surface area contributed by atoms with Gasteiger partial charge >= 0.3 is 5.97 Å². The van der Waals surface area contributed by atoms with E-state index in [0.717, 1.165) is 18.6 Å². The zero-order chi connectivity index (χ0) is 14.0. The van der Waals surface area contributed by atoms with Crippen LogP contribution < -0.4 is 0 Å². The van der Waals surface area contributed by atoms with Crippen LogP contribution in [0.1, 0.15) is 19.8 Å². The molecule has 0 radical (unpaired) electrons. The number of hydrogen-bond acceptors (Lipinski definition) is 4. The Morgan fingerprint density at radius 1 is 1.22 bits per heavy atom. The highest BCUT2D eigenvalue weighted by molar-refractivity contribution is 7.99. The molecule has 6 heteroatoms. The lowest BCUT2D eigenvalue weighted by atomic mass is 10.4. The quantitative estimate of drug-likeness (QED) is 0.603. The minimum atomic E-state index is -0.958. The fraction of sp³-hybridized carbons (Fsp3) is 0.833.